The molecule has 0 aliphatic heterocycles. The Labute approximate surface area is 162 Å². The van der Waals surface area contributed by atoms with E-state index in [2.05, 4.69) is 10.6 Å². The highest BCUT2D eigenvalue weighted by molar-refractivity contribution is 5.93. The zero-order valence-electron chi connectivity index (χ0n) is 15.3. The molecule has 0 saturated carbocycles. The van der Waals surface area contributed by atoms with Gasteiger partial charge in [-0.1, -0.05) is 36.4 Å². The lowest BCUT2D eigenvalue weighted by Crippen LogP contribution is -2.30. The first-order chi connectivity index (χ1) is 13.5. The van der Waals surface area contributed by atoms with E-state index < -0.39 is 17.7 Å². The van der Waals surface area contributed by atoms with E-state index in [1.165, 1.54) is 12.1 Å². The Balaban J connectivity index is 1.60. The number of rotatable bonds is 7. The van der Waals surface area contributed by atoms with Gasteiger partial charge in [-0.25, -0.2) is 8.78 Å². The third-order valence-corrected chi connectivity index (χ3v) is 4.13. The van der Waals surface area contributed by atoms with Gasteiger partial charge in [0.1, 0.15) is 17.4 Å². The predicted octanol–water partition coefficient (Wildman–Crippen LogP) is 5.05. The molecule has 0 saturated heterocycles. The smallest absolute Gasteiger partial charge is 0.238 e. The van der Waals surface area contributed by atoms with Gasteiger partial charge in [0, 0.05) is 17.7 Å². The summed E-state index contributed by atoms with van der Waals surface area (Å²) in [6, 6.07) is 19.3. The second-order valence-corrected chi connectivity index (χ2v) is 6.23. The molecular weight excluding hydrogens is 362 g/mol. The molecule has 6 heteroatoms. The van der Waals surface area contributed by atoms with Crippen LogP contribution in [0.25, 0.3) is 0 Å². The largest absolute Gasteiger partial charge is 0.455 e. The predicted molar refractivity (Wildman–Crippen MR) is 104 cm³/mol. The van der Waals surface area contributed by atoms with Gasteiger partial charge in [-0.3, -0.25) is 4.79 Å². The van der Waals surface area contributed by atoms with Crippen molar-refractivity contribution in [3.63, 3.8) is 0 Å². The Hall–Kier alpha value is -3.25. The van der Waals surface area contributed by atoms with E-state index in [1.807, 2.05) is 36.4 Å². The van der Waals surface area contributed by atoms with Gasteiger partial charge in [-0.05, 0) is 37.3 Å². The van der Waals surface area contributed by atoms with Gasteiger partial charge in [0.25, 0.3) is 0 Å². The number of benzene rings is 3. The first-order valence-corrected chi connectivity index (χ1v) is 8.83. The summed E-state index contributed by atoms with van der Waals surface area (Å²) in [6.07, 6.45) is 0. The number of hydrogen-bond donors (Lipinski definition) is 2. The number of nitrogens with one attached hydrogen (secondary N) is 2. The fourth-order valence-electron chi connectivity index (χ4n) is 2.68. The maximum atomic E-state index is 13.8. The Morgan fingerprint density at radius 1 is 1.00 bits per heavy atom. The summed E-state index contributed by atoms with van der Waals surface area (Å²) in [6.45, 7) is 1.66. The molecule has 0 fully saturated rings. The first-order valence-electron chi connectivity index (χ1n) is 8.83. The molecule has 0 aliphatic rings. The van der Waals surface area contributed by atoms with E-state index in [0.717, 1.165) is 6.07 Å². The molecule has 0 heterocycles. The average molecular weight is 382 g/mol. The molecule has 144 valence electrons. The maximum absolute atomic E-state index is 13.8. The van der Waals surface area contributed by atoms with Gasteiger partial charge in [-0.2, -0.15) is 0 Å². The molecule has 0 aromatic heterocycles. The summed E-state index contributed by atoms with van der Waals surface area (Å²) in [5, 5.41) is 5.71. The molecule has 1 amide bonds. The fraction of sp³-hybridized carbons (Fsp3) is 0.136. The number of anilines is 1. The van der Waals surface area contributed by atoms with Crippen LogP contribution in [0.1, 0.15) is 18.5 Å². The van der Waals surface area contributed by atoms with Crippen molar-refractivity contribution in [3.05, 3.63) is 90.0 Å². The van der Waals surface area contributed by atoms with Crippen LogP contribution in [0.2, 0.25) is 0 Å². The van der Waals surface area contributed by atoms with Crippen molar-refractivity contribution in [2.24, 2.45) is 0 Å². The molecule has 3 aromatic carbocycles. The molecule has 3 aromatic rings. The highest BCUT2D eigenvalue weighted by Gasteiger charge is 2.14. The Morgan fingerprint density at radius 3 is 2.46 bits per heavy atom. The van der Waals surface area contributed by atoms with E-state index in [1.54, 1.807) is 25.1 Å². The fourth-order valence-corrected chi connectivity index (χ4v) is 2.68. The molecule has 3 rings (SSSR count). The third kappa shape index (κ3) is 5.14. The molecule has 0 aliphatic carbocycles. The summed E-state index contributed by atoms with van der Waals surface area (Å²) < 4.78 is 32.7. The first kappa shape index (κ1) is 19.5. The lowest BCUT2D eigenvalue weighted by molar-refractivity contribution is -0.115. The maximum Gasteiger partial charge on any atom is 0.238 e. The minimum atomic E-state index is -0.651. The van der Waals surface area contributed by atoms with Crippen LogP contribution in [0.3, 0.4) is 0 Å². The number of hydrogen-bond acceptors (Lipinski definition) is 3. The molecule has 28 heavy (non-hydrogen) atoms. The van der Waals surface area contributed by atoms with E-state index in [4.69, 9.17) is 4.74 Å². The van der Waals surface area contributed by atoms with Gasteiger partial charge < -0.3 is 15.4 Å². The number of carbonyl (C=O) groups is 1. The zero-order valence-corrected chi connectivity index (χ0v) is 15.3. The van der Waals surface area contributed by atoms with Gasteiger partial charge in [-0.15, -0.1) is 0 Å². The summed E-state index contributed by atoms with van der Waals surface area (Å²) in [5.74, 6) is -0.427. The summed E-state index contributed by atoms with van der Waals surface area (Å²) >= 11 is 0. The second kappa shape index (κ2) is 9.10. The number of amides is 1. The Bertz CT molecular complexity index is 948. The number of para-hydroxylation sites is 3. The van der Waals surface area contributed by atoms with Crippen molar-refractivity contribution >= 4 is 11.6 Å². The SMILES string of the molecule is C[C@H](NCC(=O)Nc1ccccc1Oc1ccccc1)c1ccc(F)cc1F. The van der Waals surface area contributed by atoms with E-state index in [9.17, 15) is 13.6 Å². The van der Waals surface area contributed by atoms with Crippen molar-refractivity contribution in [2.75, 3.05) is 11.9 Å². The second-order valence-electron chi connectivity index (χ2n) is 6.23. The highest BCUT2D eigenvalue weighted by atomic mass is 19.1. The van der Waals surface area contributed by atoms with Gasteiger partial charge in [0.15, 0.2) is 5.75 Å². The van der Waals surface area contributed by atoms with Crippen LogP contribution in [0.15, 0.2) is 72.8 Å². The van der Waals surface area contributed by atoms with Crippen molar-refractivity contribution in [2.45, 2.75) is 13.0 Å². The van der Waals surface area contributed by atoms with Crippen LogP contribution in [0, 0.1) is 11.6 Å². The van der Waals surface area contributed by atoms with Crippen LogP contribution in [0.5, 0.6) is 11.5 Å². The molecule has 1 atom stereocenters. The molecule has 0 bridgehead atoms. The minimum Gasteiger partial charge on any atom is -0.455 e. The molecular formula is C22H20F2N2O2. The Kier molecular flexibility index (Phi) is 6.34. The van der Waals surface area contributed by atoms with E-state index in [-0.39, 0.29) is 12.5 Å². The molecule has 2 N–H and O–H groups in total. The third-order valence-electron chi connectivity index (χ3n) is 4.13. The van der Waals surface area contributed by atoms with Crippen LogP contribution in [-0.2, 0) is 4.79 Å². The standard InChI is InChI=1S/C22H20F2N2O2/c1-15(18-12-11-16(23)13-19(18)24)25-14-22(27)26-20-9-5-6-10-21(20)28-17-7-3-2-4-8-17/h2-13,15,25H,14H2,1H3,(H,26,27)/t15-/m0/s1. The summed E-state index contributed by atoms with van der Waals surface area (Å²) in [7, 11) is 0. The van der Waals surface area contributed by atoms with E-state index in [0.29, 0.717) is 22.7 Å². The average Bonchev–Trinajstić information content (AvgIpc) is 2.68. The van der Waals surface area contributed by atoms with Crippen LogP contribution in [-0.4, -0.2) is 12.5 Å². The van der Waals surface area contributed by atoms with Crippen molar-refractivity contribution in [3.8, 4) is 11.5 Å². The molecule has 4 nitrogen and oxygen atoms in total. The number of carbonyl (C=O) groups excluding carboxylic acids is 1. The van der Waals surface area contributed by atoms with E-state index >= 15 is 0 Å². The monoisotopic (exact) mass is 382 g/mol. The molecule has 0 radical (unpaired) electrons. The minimum absolute atomic E-state index is 0.0440. The summed E-state index contributed by atoms with van der Waals surface area (Å²) in [4.78, 5) is 12.3. The lowest BCUT2D eigenvalue weighted by Gasteiger charge is -2.16. The van der Waals surface area contributed by atoms with Gasteiger partial charge in [0.2, 0.25) is 5.91 Å². The lowest BCUT2D eigenvalue weighted by atomic mass is 10.1. The number of halogens is 2. The van der Waals surface area contributed by atoms with Crippen LogP contribution in [0.4, 0.5) is 14.5 Å². The van der Waals surface area contributed by atoms with Crippen molar-refractivity contribution in [1.29, 1.82) is 0 Å². The van der Waals surface area contributed by atoms with Crippen LogP contribution < -0.4 is 15.4 Å². The topological polar surface area (TPSA) is 50.4 Å². The molecule has 0 spiro atoms. The molecule has 0 unspecified atom stereocenters. The normalized spacial score (nSPS) is 11.7. The Morgan fingerprint density at radius 2 is 1.71 bits per heavy atom. The zero-order chi connectivity index (χ0) is 19.9. The van der Waals surface area contributed by atoms with Gasteiger partial charge >= 0.3 is 0 Å². The quantitative estimate of drug-likeness (QED) is 0.601. The van der Waals surface area contributed by atoms with Crippen molar-refractivity contribution in [1.82, 2.24) is 5.32 Å². The van der Waals surface area contributed by atoms with Gasteiger partial charge in [0.05, 0.1) is 12.2 Å². The number of ether oxygens (including phenoxy) is 1. The van der Waals surface area contributed by atoms with Crippen LogP contribution >= 0.6 is 0 Å². The highest BCUT2D eigenvalue weighted by Crippen LogP contribution is 2.29. The van der Waals surface area contributed by atoms with Crippen molar-refractivity contribution < 1.29 is 18.3 Å². The summed E-state index contributed by atoms with van der Waals surface area (Å²) in [5.41, 5.74) is 0.820.